The number of aliphatic imine (C=N–C) groups is 1. The number of anilines is 1. The van der Waals surface area contributed by atoms with Crippen molar-refractivity contribution < 1.29 is 4.74 Å². The molecule has 1 atom stereocenters. The monoisotopic (exact) mass is 301 g/mol. The zero-order valence-corrected chi connectivity index (χ0v) is 12.4. The minimum atomic E-state index is 0.0945. The Balaban J connectivity index is 1.92. The molecule has 2 N–H and O–H groups in total. The molecule has 1 aliphatic heterocycles. The van der Waals surface area contributed by atoms with E-state index in [4.69, 9.17) is 22.1 Å². The van der Waals surface area contributed by atoms with Gasteiger partial charge in [-0.15, -0.1) is 0 Å². The number of ether oxygens (including phenoxy) is 1. The average Bonchev–Trinajstić information content (AvgIpc) is 2.90. The molecule has 21 heavy (non-hydrogen) atoms. The number of guanidine groups is 1. The number of benzene rings is 2. The third kappa shape index (κ3) is 2.67. The molecule has 5 heteroatoms. The van der Waals surface area contributed by atoms with Gasteiger partial charge in [0.25, 0.3) is 0 Å². The van der Waals surface area contributed by atoms with Crippen LogP contribution in [0, 0.1) is 0 Å². The van der Waals surface area contributed by atoms with E-state index in [1.807, 2.05) is 53.4 Å². The third-order valence-corrected chi connectivity index (χ3v) is 3.84. The second kappa shape index (κ2) is 5.66. The van der Waals surface area contributed by atoms with Crippen molar-refractivity contribution in [3.05, 3.63) is 59.1 Å². The maximum absolute atomic E-state index is 6.05. The van der Waals surface area contributed by atoms with Crippen LogP contribution >= 0.6 is 11.6 Å². The van der Waals surface area contributed by atoms with E-state index in [1.165, 1.54) is 0 Å². The highest BCUT2D eigenvalue weighted by atomic mass is 35.5. The first kappa shape index (κ1) is 13.8. The molecule has 0 aliphatic carbocycles. The van der Waals surface area contributed by atoms with Crippen molar-refractivity contribution in [2.24, 2.45) is 10.7 Å². The highest BCUT2D eigenvalue weighted by molar-refractivity contribution is 6.30. The van der Waals surface area contributed by atoms with Crippen molar-refractivity contribution in [1.29, 1.82) is 0 Å². The molecule has 0 saturated carbocycles. The summed E-state index contributed by atoms with van der Waals surface area (Å²) >= 11 is 5.95. The molecule has 4 nitrogen and oxygen atoms in total. The molecule has 108 valence electrons. The van der Waals surface area contributed by atoms with Gasteiger partial charge in [0.15, 0.2) is 5.96 Å². The molecule has 0 bridgehead atoms. The maximum Gasteiger partial charge on any atom is 0.196 e. The van der Waals surface area contributed by atoms with Crippen LogP contribution in [0.25, 0.3) is 0 Å². The number of hydrogen-bond acceptors (Lipinski definition) is 4. The van der Waals surface area contributed by atoms with Crippen LogP contribution in [0.5, 0.6) is 5.75 Å². The molecule has 0 spiro atoms. The van der Waals surface area contributed by atoms with E-state index < -0.39 is 0 Å². The van der Waals surface area contributed by atoms with E-state index in [1.54, 1.807) is 7.11 Å². The van der Waals surface area contributed by atoms with Gasteiger partial charge in [0.1, 0.15) is 5.75 Å². The summed E-state index contributed by atoms with van der Waals surface area (Å²) in [5.74, 6) is 1.36. The van der Waals surface area contributed by atoms with Crippen LogP contribution in [0.2, 0.25) is 5.02 Å². The SMILES string of the molecule is COc1ccc(C2CN=C(N)N2c2ccc(Cl)cc2)cc1. The Kier molecular flexibility index (Phi) is 3.71. The van der Waals surface area contributed by atoms with E-state index in [0.717, 1.165) is 17.0 Å². The fourth-order valence-electron chi connectivity index (χ4n) is 2.49. The highest BCUT2D eigenvalue weighted by Crippen LogP contribution is 2.32. The van der Waals surface area contributed by atoms with Crippen LogP contribution < -0.4 is 15.4 Å². The number of methoxy groups -OCH3 is 1. The Hall–Kier alpha value is -2.20. The van der Waals surface area contributed by atoms with Crippen molar-refractivity contribution in [2.45, 2.75) is 6.04 Å². The molecule has 1 aliphatic rings. The largest absolute Gasteiger partial charge is 0.497 e. The number of hydrogen-bond donors (Lipinski definition) is 1. The normalized spacial score (nSPS) is 17.7. The molecular formula is C16H16ClN3O. The number of nitrogens with zero attached hydrogens (tertiary/aromatic N) is 2. The van der Waals surface area contributed by atoms with E-state index in [2.05, 4.69) is 4.99 Å². The lowest BCUT2D eigenvalue weighted by Crippen LogP contribution is -2.36. The van der Waals surface area contributed by atoms with Crippen molar-refractivity contribution in [3.63, 3.8) is 0 Å². The molecule has 0 saturated heterocycles. The summed E-state index contributed by atoms with van der Waals surface area (Å²) in [6.45, 7) is 0.640. The third-order valence-electron chi connectivity index (χ3n) is 3.59. The molecule has 2 aromatic carbocycles. The van der Waals surface area contributed by atoms with Crippen molar-refractivity contribution in [3.8, 4) is 5.75 Å². The van der Waals surface area contributed by atoms with Gasteiger partial charge in [-0.3, -0.25) is 4.99 Å². The van der Waals surface area contributed by atoms with Crippen LogP contribution in [0.15, 0.2) is 53.5 Å². The maximum atomic E-state index is 6.05. The fraction of sp³-hybridized carbons (Fsp3) is 0.188. The Morgan fingerprint density at radius 3 is 2.43 bits per heavy atom. The Morgan fingerprint density at radius 2 is 1.81 bits per heavy atom. The summed E-state index contributed by atoms with van der Waals surface area (Å²) in [5.41, 5.74) is 8.18. The van der Waals surface area contributed by atoms with Crippen molar-refractivity contribution in [2.75, 3.05) is 18.6 Å². The summed E-state index contributed by atoms with van der Waals surface area (Å²) in [6.07, 6.45) is 0. The van der Waals surface area contributed by atoms with Crippen LogP contribution in [-0.4, -0.2) is 19.6 Å². The molecule has 1 heterocycles. The van der Waals surface area contributed by atoms with Gasteiger partial charge in [-0.1, -0.05) is 23.7 Å². The predicted molar refractivity (Wildman–Crippen MR) is 86.2 cm³/mol. The first-order chi connectivity index (χ1) is 10.2. The second-order valence-electron chi connectivity index (χ2n) is 4.83. The van der Waals surface area contributed by atoms with Gasteiger partial charge in [0, 0.05) is 10.7 Å². The van der Waals surface area contributed by atoms with Crippen LogP contribution in [0.3, 0.4) is 0 Å². The van der Waals surface area contributed by atoms with Gasteiger partial charge in [-0.05, 0) is 42.0 Å². The summed E-state index contributed by atoms with van der Waals surface area (Å²) < 4.78 is 5.20. The molecule has 3 rings (SSSR count). The minimum absolute atomic E-state index is 0.0945. The van der Waals surface area contributed by atoms with Gasteiger partial charge in [0.2, 0.25) is 0 Å². The number of nitrogens with two attached hydrogens (primary N) is 1. The van der Waals surface area contributed by atoms with Gasteiger partial charge in [0.05, 0.1) is 19.7 Å². The Morgan fingerprint density at radius 1 is 1.14 bits per heavy atom. The quantitative estimate of drug-likeness (QED) is 0.947. The lowest BCUT2D eigenvalue weighted by molar-refractivity contribution is 0.414. The summed E-state index contributed by atoms with van der Waals surface area (Å²) in [4.78, 5) is 6.40. The van der Waals surface area contributed by atoms with Gasteiger partial charge >= 0.3 is 0 Å². The van der Waals surface area contributed by atoms with Gasteiger partial charge in [-0.2, -0.15) is 0 Å². The number of rotatable bonds is 3. The fourth-order valence-corrected chi connectivity index (χ4v) is 2.62. The topological polar surface area (TPSA) is 50.9 Å². The van der Waals surface area contributed by atoms with Crippen LogP contribution in [0.4, 0.5) is 5.69 Å². The molecule has 1 unspecified atom stereocenters. The first-order valence-corrected chi connectivity index (χ1v) is 7.05. The summed E-state index contributed by atoms with van der Waals surface area (Å²) in [7, 11) is 1.66. The van der Waals surface area contributed by atoms with Crippen LogP contribution in [-0.2, 0) is 0 Å². The van der Waals surface area contributed by atoms with E-state index in [0.29, 0.717) is 17.5 Å². The Bertz CT molecular complexity index is 652. The molecule has 2 aromatic rings. The average molecular weight is 302 g/mol. The molecule has 0 amide bonds. The molecule has 0 radical (unpaired) electrons. The van der Waals surface area contributed by atoms with E-state index in [9.17, 15) is 0 Å². The standard InChI is InChI=1S/C16H16ClN3O/c1-21-14-8-2-11(3-9-14)15-10-19-16(18)20(15)13-6-4-12(17)5-7-13/h2-9,15H,10H2,1H3,(H2,18,19). The summed E-state index contributed by atoms with van der Waals surface area (Å²) in [6, 6.07) is 15.7. The van der Waals surface area contributed by atoms with Gasteiger partial charge < -0.3 is 15.4 Å². The molecule has 0 fully saturated rings. The molecule has 0 aromatic heterocycles. The summed E-state index contributed by atoms with van der Waals surface area (Å²) in [5, 5.41) is 0.703. The second-order valence-corrected chi connectivity index (χ2v) is 5.27. The van der Waals surface area contributed by atoms with Crippen molar-refractivity contribution >= 4 is 23.2 Å². The Labute approximate surface area is 128 Å². The zero-order chi connectivity index (χ0) is 14.8. The van der Waals surface area contributed by atoms with Crippen molar-refractivity contribution in [1.82, 2.24) is 0 Å². The van der Waals surface area contributed by atoms with E-state index >= 15 is 0 Å². The highest BCUT2D eigenvalue weighted by Gasteiger charge is 2.28. The zero-order valence-electron chi connectivity index (χ0n) is 11.7. The minimum Gasteiger partial charge on any atom is -0.497 e. The van der Waals surface area contributed by atoms with Crippen LogP contribution in [0.1, 0.15) is 11.6 Å². The lowest BCUT2D eigenvalue weighted by Gasteiger charge is -2.26. The van der Waals surface area contributed by atoms with Gasteiger partial charge in [-0.25, -0.2) is 0 Å². The van der Waals surface area contributed by atoms with E-state index in [-0.39, 0.29) is 6.04 Å². The molecular weight excluding hydrogens is 286 g/mol. The first-order valence-electron chi connectivity index (χ1n) is 6.67. The predicted octanol–water partition coefficient (Wildman–Crippen LogP) is 3.22. The number of halogens is 1. The smallest absolute Gasteiger partial charge is 0.196 e. The lowest BCUT2D eigenvalue weighted by atomic mass is 10.1.